The number of esters is 3. The molecule has 0 aromatic rings. The first-order valence-electron chi connectivity index (χ1n) is 9.96. The Balaban J connectivity index is 5.62. The molecule has 0 heterocycles. The summed E-state index contributed by atoms with van der Waals surface area (Å²) in [6.07, 6.45) is -0.501. The highest BCUT2D eigenvalue weighted by molar-refractivity contribution is 6.03. The molecule has 0 spiro atoms. The summed E-state index contributed by atoms with van der Waals surface area (Å²) >= 11 is 0. The molecule has 0 aromatic heterocycles. The molecule has 0 rings (SSSR count). The summed E-state index contributed by atoms with van der Waals surface area (Å²) in [5.74, 6) is -2.25. The molecule has 0 aromatic carbocycles. The number of ketones is 1. The molecule has 0 aliphatic rings. The van der Waals surface area contributed by atoms with E-state index in [1.165, 1.54) is 6.92 Å². The fourth-order valence-corrected chi connectivity index (χ4v) is 2.62. The van der Waals surface area contributed by atoms with Crippen molar-refractivity contribution in [3.05, 3.63) is 0 Å². The topological polar surface area (TPSA) is 96.0 Å². The molecule has 0 unspecified atom stereocenters. The van der Waals surface area contributed by atoms with Crippen molar-refractivity contribution in [3.8, 4) is 0 Å². The molecule has 0 radical (unpaired) electrons. The second kappa shape index (κ2) is 9.72. The van der Waals surface area contributed by atoms with Gasteiger partial charge in [-0.15, -0.1) is 0 Å². The second-order valence-electron chi connectivity index (χ2n) is 10.3. The SMILES string of the molecule is CC(=O)C(CCC(=O)OC(C)(C)C)(CCC(=O)OC(C)(C)C)C(=O)OC(C)(C)C. The van der Waals surface area contributed by atoms with Crippen molar-refractivity contribution in [1.82, 2.24) is 0 Å². The lowest BCUT2D eigenvalue weighted by Crippen LogP contribution is -2.44. The first-order chi connectivity index (χ1) is 12.8. The number of ether oxygens (including phenoxy) is 3. The number of rotatable bonds is 8. The summed E-state index contributed by atoms with van der Waals surface area (Å²) in [5, 5.41) is 0. The van der Waals surface area contributed by atoms with Crippen molar-refractivity contribution in [2.24, 2.45) is 5.41 Å². The van der Waals surface area contributed by atoms with Crippen LogP contribution in [-0.4, -0.2) is 40.5 Å². The highest BCUT2D eigenvalue weighted by Gasteiger charge is 2.46. The minimum absolute atomic E-state index is 0.102. The summed E-state index contributed by atoms with van der Waals surface area (Å²) in [5.41, 5.74) is -3.81. The smallest absolute Gasteiger partial charge is 0.320 e. The van der Waals surface area contributed by atoms with Gasteiger partial charge in [-0.25, -0.2) is 0 Å². The number of hydrogen-bond donors (Lipinski definition) is 0. The fourth-order valence-electron chi connectivity index (χ4n) is 2.62. The Morgan fingerprint density at radius 2 is 0.897 bits per heavy atom. The van der Waals surface area contributed by atoms with Crippen LogP contribution in [0.5, 0.6) is 0 Å². The van der Waals surface area contributed by atoms with E-state index in [1.54, 1.807) is 62.3 Å². The van der Waals surface area contributed by atoms with Crippen molar-refractivity contribution < 1.29 is 33.4 Å². The standard InChI is InChI=1S/C22H38O7/c1-15(23)22(18(26)29-21(8,9)10,13-11-16(24)27-19(2,3)4)14-12-17(25)28-20(5,6)7/h11-14H2,1-10H3. The third-order valence-electron chi connectivity index (χ3n) is 3.82. The van der Waals surface area contributed by atoms with Crippen molar-refractivity contribution in [3.63, 3.8) is 0 Å². The van der Waals surface area contributed by atoms with Crippen molar-refractivity contribution in [1.29, 1.82) is 0 Å². The van der Waals surface area contributed by atoms with Crippen LogP contribution in [0.15, 0.2) is 0 Å². The first kappa shape index (κ1) is 27.1. The third kappa shape index (κ3) is 11.0. The molecule has 0 fully saturated rings. The minimum atomic E-state index is -1.62. The lowest BCUT2D eigenvalue weighted by atomic mass is 9.75. The third-order valence-corrected chi connectivity index (χ3v) is 3.82. The Labute approximate surface area is 174 Å². The number of Topliss-reactive ketones (excluding diaryl/α,β-unsaturated/α-hetero) is 1. The van der Waals surface area contributed by atoms with Gasteiger partial charge in [-0.05, 0) is 82.1 Å². The molecule has 168 valence electrons. The molecule has 7 heteroatoms. The summed E-state index contributed by atoms with van der Waals surface area (Å²) in [7, 11) is 0. The average molecular weight is 415 g/mol. The fraction of sp³-hybridized carbons (Fsp3) is 0.818. The quantitative estimate of drug-likeness (QED) is 0.334. The Morgan fingerprint density at radius 3 is 1.14 bits per heavy atom. The van der Waals surface area contributed by atoms with Crippen LogP contribution >= 0.6 is 0 Å². The molecular formula is C22H38O7. The Morgan fingerprint density at radius 1 is 0.586 bits per heavy atom. The summed E-state index contributed by atoms with van der Waals surface area (Å²) in [6.45, 7) is 16.8. The maximum Gasteiger partial charge on any atom is 0.320 e. The molecule has 0 atom stereocenters. The van der Waals surface area contributed by atoms with Gasteiger partial charge in [0.25, 0.3) is 0 Å². The monoisotopic (exact) mass is 414 g/mol. The van der Waals surface area contributed by atoms with Crippen molar-refractivity contribution in [2.45, 2.75) is 112 Å². The molecular weight excluding hydrogens is 376 g/mol. The van der Waals surface area contributed by atoms with Gasteiger partial charge in [0.05, 0.1) is 0 Å². The first-order valence-corrected chi connectivity index (χ1v) is 9.96. The summed E-state index contributed by atoms with van der Waals surface area (Å²) in [4.78, 5) is 49.9. The van der Waals surface area contributed by atoms with E-state index in [0.29, 0.717) is 0 Å². The zero-order valence-electron chi connectivity index (χ0n) is 19.7. The van der Waals surface area contributed by atoms with E-state index in [9.17, 15) is 19.2 Å². The van der Waals surface area contributed by atoms with Crippen molar-refractivity contribution >= 4 is 23.7 Å². The van der Waals surface area contributed by atoms with Crippen LogP contribution in [0, 0.1) is 5.41 Å². The lowest BCUT2D eigenvalue weighted by molar-refractivity contribution is -0.172. The maximum absolute atomic E-state index is 13.0. The van der Waals surface area contributed by atoms with E-state index < -0.39 is 45.9 Å². The van der Waals surface area contributed by atoms with E-state index in [4.69, 9.17) is 14.2 Å². The van der Waals surface area contributed by atoms with Gasteiger partial charge in [-0.3, -0.25) is 19.2 Å². The maximum atomic E-state index is 13.0. The van der Waals surface area contributed by atoms with Crippen LogP contribution in [0.4, 0.5) is 0 Å². The molecule has 0 saturated heterocycles. The van der Waals surface area contributed by atoms with E-state index in [2.05, 4.69) is 0 Å². The van der Waals surface area contributed by atoms with Crippen LogP contribution in [0.25, 0.3) is 0 Å². The number of hydrogen-bond acceptors (Lipinski definition) is 7. The molecule has 0 saturated carbocycles. The molecule has 0 aliphatic carbocycles. The Hall–Kier alpha value is -1.92. The molecule has 7 nitrogen and oxygen atoms in total. The Bertz CT molecular complexity index is 581. The summed E-state index contributed by atoms with van der Waals surface area (Å²) in [6, 6.07) is 0. The van der Waals surface area contributed by atoms with Gasteiger partial charge in [0.1, 0.15) is 28.0 Å². The van der Waals surface area contributed by atoms with E-state index in [-0.39, 0.29) is 25.7 Å². The average Bonchev–Trinajstić information content (AvgIpc) is 2.41. The zero-order valence-corrected chi connectivity index (χ0v) is 19.7. The summed E-state index contributed by atoms with van der Waals surface area (Å²) < 4.78 is 16.0. The largest absolute Gasteiger partial charge is 0.460 e. The minimum Gasteiger partial charge on any atom is -0.460 e. The van der Waals surface area contributed by atoms with Crippen LogP contribution < -0.4 is 0 Å². The molecule has 29 heavy (non-hydrogen) atoms. The van der Waals surface area contributed by atoms with Gasteiger partial charge in [0.15, 0.2) is 0 Å². The lowest BCUT2D eigenvalue weighted by Gasteiger charge is -2.33. The second-order valence-corrected chi connectivity index (χ2v) is 10.3. The van der Waals surface area contributed by atoms with Crippen LogP contribution in [-0.2, 0) is 33.4 Å². The Kier molecular flexibility index (Phi) is 9.08. The van der Waals surface area contributed by atoms with Crippen LogP contribution in [0.1, 0.15) is 94.9 Å². The molecule has 0 N–H and O–H groups in total. The van der Waals surface area contributed by atoms with Gasteiger partial charge in [-0.2, -0.15) is 0 Å². The molecule has 0 bridgehead atoms. The highest BCUT2D eigenvalue weighted by atomic mass is 16.6. The number of carbonyl (C=O) groups is 4. The van der Waals surface area contributed by atoms with Crippen molar-refractivity contribution in [2.75, 3.05) is 0 Å². The van der Waals surface area contributed by atoms with Crippen LogP contribution in [0.2, 0.25) is 0 Å². The van der Waals surface area contributed by atoms with Gasteiger partial charge >= 0.3 is 17.9 Å². The van der Waals surface area contributed by atoms with Crippen LogP contribution in [0.3, 0.4) is 0 Å². The van der Waals surface area contributed by atoms with E-state index in [1.807, 2.05) is 0 Å². The predicted molar refractivity (Wildman–Crippen MR) is 109 cm³/mol. The normalized spacial score (nSPS) is 12.9. The van der Waals surface area contributed by atoms with Gasteiger partial charge in [-0.1, -0.05) is 0 Å². The van der Waals surface area contributed by atoms with Gasteiger partial charge in [0, 0.05) is 12.8 Å². The zero-order chi connectivity index (χ0) is 23.3. The molecule has 0 aliphatic heterocycles. The highest BCUT2D eigenvalue weighted by Crippen LogP contribution is 2.35. The number of carbonyl (C=O) groups excluding carboxylic acids is 4. The van der Waals surface area contributed by atoms with E-state index >= 15 is 0 Å². The predicted octanol–water partition coefficient (Wildman–Crippen LogP) is 4.15. The van der Waals surface area contributed by atoms with Gasteiger partial charge in [0.2, 0.25) is 0 Å². The molecule has 0 amide bonds. The van der Waals surface area contributed by atoms with E-state index in [0.717, 1.165) is 0 Å². The van der Waals surface area contributed by atoms with Gasteiger partial charge < -0.3 is 14.2 Å².